The van der Waals surface area contributed by atoms with Crippen molar-refractivity contribution in [2.75, 3.05) is 18.8 Å². The SMILES string of the molecule is C=CC(=O)N1CC=C(c2c(-c3ccc(Oc4ncccn4)cc3)c3c(N)ncnc3n2C)CC1. The zero-order chi connectivity index (χ0) is 23.7. The average Bonchev–Trinajstić information content (AvgIpc) is 3.18. The molecule has 1 amide bonds. The fourth-order valence-electron chi connectivity index (χ4n) is 4.28. The van der Waals surface area contributed by atoms with Gasteiger partial charge < -0.3 is 19.9 Å². The monoisotopic (exact) mass is 453 g/mol. The van der Waals surface area contributed by atoms with Crippen LogP contribution < -0.4 is 10.5 Å². The van der Waals surface area contributed by atoms with Gasteiger partial charge in [-0.2, -0.15) is 0 Å². The van der Waals surface area contributed by atoms with Crippen molar-refractivity contribution in [1.29, 1.82) is 0 Å². The lowest BCUT2D eigenvalue weighted by molar-refractivity contribution is -0.125. The van der Waals surface area contributed by atoms with Gasteiger partial charge in [-0.3, -0.25) is 4.79 Å². The van der Waals surface area contributed by atoms with Crippen LogP contribution in [-0.4, -0.2) is 48.4 Å². The van der Waals surface area contributed by atoms with Crippen molar-refractivity contribution in [3.8, 4) is 22.9 Å². The number of fused-ring (bicyclic) bond motifs is 1. The number of nitrogens with zero attached hydrogens (tertiary/aromatic N) is 6. The number of ether oxygens (including phenoxy) is 1. The molecule has 9 heteroatoms. The molecule has 0 radical (unpaired) electrons. The fourth-order valence-corrected chi connectivity index (χ4v) is 4.28. The minimum Gasteiger partial charge on any atom is -0.424 e. The predicted molar refractivity (Wildman–Crippen MR) is 130 cm³/mol. The zero-order valence-electron chi connectivity index (χ0n) is 18.7. The number of carbonyl (C=O) groups is 1. The molecule has 0 fully saturated rings. The number of anilines is 1. The Hall–Kier alpha value is -4.53. The van der Waals surface area contributed by atoms with E-state index in [0.717, 1.165) is 33.4 Å². The molecule has 1 aromatic carbocycles. The molecular weight excluding hydrogens is 430 g/mol. The second kappa shape index (κ2) is 8.78. The van der Waals surface area contributed by atoms with E-state index in [0.29, 0.717) is 31.1 Å². The van der Waals surface area contributed by atoms with Gasteiger partial charge in [0.25, 0.3) is 0 Å². The summed E-state index contributed by atoms with van der Waals surface area (Å²) in [5.74, 6) is 0.969. The van der Waals surface area contributed by atoms with E-state index in [1.54, 1.807) is 23.4 Å². The van der Waals surface area contributed by atoms with Crippen LogP contribution in [0.5, 0.6) is 11.8 Å². The fraction of sp³-hybridized carbons (Fsp3) is 0.160. The van der Waals surface area contributed by atoms with Crippen LogP contribution in [0.15, 0.2) is 67.8 Å². The van der Waals surface area contributed by atoms with Crippen LogP contribution in [0.3, 0.4) is 0 Å². The summed E-state index contributed by atoms with van der Waals surface area (Å²) in [6.45, 7) is 4.72. The Kier molecular flexibility index (Phi) is 5.51. The maximum atomic E-state index is 12.0. The lowest BCUT2D eigenvalue weighted by Gasteiger charge is -2.26. The molecule has 1 aliphatic rings. The second-order valence-electron chi connectivity index (χ2n) is 7.87. The van der Waals surface area contributed by atoms with Gasteiger partial charge in [0.15, 0.2) is 0 Å². The summed E-state index contributed by atoms with van der Waals surface area (Å²) in [6, 6.07) is 9.70. The van der Waals surface area contributed by atoms with Crippen LogP contribution in [0.4, 0.5) is 5.82 Å². The highest BCUT2D eigenvalue weighted by Gasteiger charge is 2.25. The van der Waals surface area contributed by atoms with Gasteiger partial charge in [-0.15, -0.1) is 0 Å². The normalized spacial score (nSPS) is 13.6. The van der Waals surface area contributed by atoms with E-state index < -0.39 is 0 Å². The van der Waals surface area contributed by atoms with Gasteiger partial charge in [0.2, 0.25) is 5.91 Å². The number of benzene rings is 1. The topological polar surface area (TPSA) is 112 Å². The third-order valence-electron chi connectivity index (χ3n) is 5.89. The molecule has 0 bridgehead atoms. The number of amides is 1. The number of aromatic nitrogens is 5. The van der Waals surface area contributed by atoms with E-state index in [4.69, 9.17) is 10.5 Å². The van der Waals surface area contributed by atoms with Crippen molar-refractivity contribution < 1.29 is 9.53 Å². The third kappa shape index (κ3) is 3.77. The summed E-state index contributed by atoms with van der Waals surface area (Å²) >= 11 is 0. The second-order valence-corrected chi connectivity index (χ2v) is 7.87. The minimum atomic E-state index is -0.0688. The average molecular weight is 454 g/mol. The summed E-state index contributed by atoms with van der Waals surface area (Å²) < 4.78 is 7.79. The molecule has 0 aliphatic carbocycles. The van der Waals surface area contributed by atoms with Crippen molar-refractivity contribution in [1.82, 2.24) is 29.4 Å². The molecule has 2 N–H and O–H groups in total. The molecule has 5 rings (SSSR count). The summed E-state index contributed by atoms with van der Waals surface area (Å²) in [6.07, 6.45) is 8.86. The Bertz CT molecular complexity index is 1410. The van der Waals surface area contributed by atoms with E-state index in [2.05, 4.69) is 32.6 Å². The summed E-state index contributed by atoms with van der Waals surface area (Å²) in [5.41, 5.74) is 11.1. The summed E-state index contributed by atoms with van der Waals surface area (Å²) in [5, 5.41) is 0.797. The molecule has 0 saturated heterocycles. The van der Waals surface area contributed by atoms with Crippen LogP contribution in [0.2, 0.25) is 0 Å². The van der Waals surface area contributed by atoms with Crippen LogP contribution >= 0.6 is 0 Å². The first kappa shape index (κ1) is 21.3. The number of rotatable bonds is 5. The number of carbonyl (C=O) groups excluding carboxylic acids is 1. The van der Waals surface area contributed by atoms with Gasteiger partial charge in [-0.25, -0.2) is 19.9 Å². The first-order chi connectivity index (χ1) is 16.6. The van der Waals surface area contributed by atoms with Crippen LogP contribution in [-0.2, 0) is 11.8 Å². The molecule has 0 spiro atoms. The smallest absolute Gasteiger partial charge is 0.321 e. The van der Waals surface area contributed by atoms with E-state index >= 15 is 0 Å². The first-order valence-corrected chi connectivity index (χ1v) is 10.8. The predicted octanol–water partition coefficient (Wildman–Crippen LogP) is 3.60. The van der Waals surface area contributed by atoms with Crippen LogP contribution in [0.1, 0.15) is 12.1 Å². The third-order valence-corrected chi connectivity index (χ3v) is 5.89. The Morgan fingerprint density at radius 2 is 1.91 bits per heavy atom. The van der Waals surface area contributed by atoms with E-state index in [-0.39, 0.29) is 11.9 Å². The standard InChI is InChI=1S/C25H23N7O2/c1-3-19(33)32-13-9-17(10-14-32)22-20(21-23(26)29-15-30-24(21)31(22)2)16-5-7-18(8-6-16)34-25-27-11-4-12-28-25/h3-9,11-12,15H,1,10,13-14H2,2H3,(H2,26,29,30). The van der Waals surface area contributed by atoms with Gasteiger partial charge in [0, 0.05) is 38.1 Å². The molecule has 1 aliphatic heterocycles. The minimum absolute atomic E-state index is 0.0688. The van der Waals surface area contributed by atoms with E-state index in [1.165, 1.54) is 12.4 Å². The van der Waals surface area contributed by atoms with Crippen molar-refractivity contribution in [2.45, 2.75) is 6.42 Å². The van der Waals surface area contributed by atoms with Gasteiger partial charge in [-0.1, -0.05) is 24.8 Å². The van der Waals surface area contributed by atoms with Crippen molar-refractivity contribution in [3.63, 3.8) is 0 Å². The Morgan fingerprint density at radius 1 is 1.15 bits per heavy atom. The van der Waals surface area contributed by atoms with Gasteiger partial charge in [0.1, 0.15) is 23.5 Å². The number of nitrogens with two attached hydrogens (primary N) is 1. The Labute approximate surface area is 196 Å². The molecule has 34 heavy (non-hydrogen) atoms. The molecule has 3 aromatic heterocycles. The Morgan fingerprint density at radius 3 is 2.59 bits per heavy atom. The van der Waals surface area contributed by atoms with Gasteiger partial charge in [-0.05, 0) is 41.8 Å². The van der Waals surface area contributed by atoms with Crippen molar-refractivity contribution >= 4 is 28.3 Å². The van der Waals surface area contributed by atoms with Gasteiger partial charge >= 0.3 is 6.01 Å². The summed E-state index contributed by atoms with van der Waals surface area (Å²) in [4.78, 5) is 30.7. The quantitative estimate of drug-likeness (QED) is 0.460. The van der Waals surface area contributed by atoms with Crippen molar-refractivity contribution in [3.05, 3.63) is 73.5 Å². The maximum absolute atomic E-state index is 12.0. The molecule has 0 atom stereocenters. The van der Waals surface area contributed by atoms with Gasteiger partial charge in [0.05, 0.1) is 11.1 Å². The molecule has 170 valence electrons. The van der Waals surface area contributed by atoms with Crippen LogP contribution in [0, 0.1) is 0 Å². The lowest BCUT2D eigenvalue weighted by atomic mass is 9.95. The molecule has 4 aromatic rings. The number of nitrogen functional groups attached to an aromatic ring is 1. The highest BCUT2D eigenvalue weighted by molar-refractivity contribution is 6.06. The largest absolute Gasteiger partial charge is 0.424 e. The first-order valence-electron chi connectivity index (χ1n) is 10.8. The molecule has 0 unspecified atom stereocenters. The number of aryl methyl sites for hydroxylation is 1. The van der Waals surface area contributed by atoms with Crippen molar-refractivity contribution in [2.24, 2.45) is 7.05 Å². The zero-order valence-corrected chi connectivity index (χ0v) is 18.7. The number of hydrogen-bond acceptors (Lipinski definition) is 7. The molecule has 0 saturated carbocycles. The maximum Gasteiger partial charge on any atom is 0.321 e. The molecule has 9 nitrogen and oxygen atoms in total. The molecular formula is C25H23N7O2. The Balaban J connectivity index is 1.59. The number of hydrogen-bond donors (Lipinski definition) is 1. The van der Waals surface area contributed by atoms with E-state index in [1.807, 2.05) is 35.9 Å². The molecule has 4 heterocycles. The van der Waals surface area contributed by atoms with Crippen LogP contribution in [0.25, 0.3) is 27.7 Å². The lowest BCUT2D eigenvalue weighted by Crippen LogP contribution is -2.33. The summed E-state index contributed by atoms with van der Waals surface area (Å²) in [7, 11) is 1.97. The van der Waals surface area contributed by atoms with E-state index in [9.17, 15) is 4.79 Å². The highest BCUT2D eigenvalue weighted by Crippen LogP contribution is 2.41. The highest BCUT2D eigenvalue weighted by atomic mass is 16.5.